The second-order valence-corrected chi connectivity index (χ2v) is 7.62. The van der Waals surface area contributed by atoms with Gasteiger partial charge in [-0.25, -0.2) is 4.39 Å². The Morgan fingerprint density at radius 1 is 1.41 bits per heavy atom. The van der Waals surface area contributed by atoms with Crippen molar-refractivity contribution < 1.29 is 13.9 Å². The van der Waals surface area contributed by atoms with E-state index in [4.69, 9.17) is 9.47 Å². The van der Waals surface area contributed by atoms with Crippen molar-refractivity contribution in [3.63, 3.8) is 0 Å². The molecule has 1 atom stereocenters. The first kappa shape index (κ1) is 22.2. The predicted octanol–water partition coefficient (Wildman–Crippen LogP) is 3.80. The van der Waals surface area contributed by atoms with Gasteiger partial charge in [-0.3, -0.25) is 4.99 Å². The minimum atomic E-state index is -0.242. The number of likely N-dealkylation sites (tertiary alicyclic amines) is 1. The van der Waals surface area contributed by atoms with Gasteiger partial charge in [-0.1, -0.05) is 13.8 Å². The second-order valence-electron chi connectivity index (χ2n) is 7.62. The molecule has 2 aliphatic rings. The average molecular weight is 491 g/mol. The topological polar surface area (TPSA) is 46.1 Å². The number of fused-ring (bicyclic) bond motifs is 1. The number of hydrogen-bond acceptors (Lipinski definition) is 3. The lowest BCUT2D eigenvalue weighted by Crippen LogP contribution is -2.41. The van der Waals surface area contributed by atoms with Crippen molar-refractivity contribution in [2.75, 3.05) is 33.5 Å². The summed E-state index contributed by atoms with van der Waals surface area (Å²) in [6, 6.07) is 3.05. The first-order valence-electron chi connectivity index (χ1n) is 9.54. The van der Waals surface area contributed by atoms with Crippen molar-refractivity contribution in [2.45, 2.75) is 39.7 Å². The van der Waals surface area contributed by atoms with Crippen LogP contribution >= 0.6 is 24.0 Å². The summed E-state index contributed by atoms with van der Waals surface area (Å²) in [5.74, 6) is 2.95. The maximum Gasteiger partial charge on any atom is 0.193 e. The van der Waals surface area contributed by atoms with Crippen LogP contribution in [0.25, 0.3) is 0 Å². The third-order valence-corrected chi connectivity index (χ3v) is 5.03. The molecule has 1 saturated heterocycles. The fourth-order valence-corrected chi connectivity index (χ4v) is 3.97. The van der Waals surface area contributed by atoms with Crippen molar-refractivity contribution in [3.8, 4) is 5.75 Å². The molecule has 152 valence electrons. The SMILES string of the molecule is CN=C(NCCc1cc(F)cc2c1OCOC2)N1CCC(CC(C)C)C1.I. The number of nitrogens with zero attached hydrogens (tertiary/aromatic N) is 2. The molecule has 0 amide bonds. The van der Waals surface area contributed by atoms with E-state index in [2.05, 4.69) is 29.1 Å². The fraction of sp³-hybridized carbons (Fsp3) is 0.650. The Hall–Kier alpha value is -1.09. The molecule has 0 spiro atoms. The van der Waals surface area contributed by atoms with E-state index < -0.39 is 0 Å². The molecule has 0 radical (unpaired) electrons. The van der Waals surface area contributed by atoms with Crippen LogP contribution in [0.15, 0.2) is 17.1 Å². The maximum atomic E-state index is 13.8. The highest BCUT2D eigenvalue weighted by Gasteiger charge is 2.25. The summed E-state index contributed by atoms with van der Waals surface area (Å²) in [4.78, 5) is 6.76. The molecule has 0 aliphatic carbocycles. The Morgan fingerprint density at radius 2 is 2.22 bits per heavy atom. The van der Waals surface area contributed by atoms with E-state index in [0.29, 0.717) is 19.6 Å². The van der Waals surface area contributed by atoms with E-state index in [1.165, 1.54) is 18.9 Å². The van der Waals surface area contributed by atoms with Gasteiger partial charge in [0.05, 0.1) is 6.61 Å². The Morgan fingerprint density at radius 3 is 2.96 bits per heavy atom. The Balaban J connectivity index is 0.00000261. The zero-order valence-corrected chi connectivity index (χ0v) is 18.8. The highest BCUT2D eigenvalue weighted by Crippen LogP contribution is 2.29. The summed E-state index contributed by atoms with van der Waals surface area (Å²) in [5, 5.41) is 3.43. The number of nitrogens with one attached hydrogen (secondary N) is 1. The van der Waals surface area contributed by atoms with Crippen LogP contribution < -0.4 is 10.1 Å². The molecule has 2 heterocycles. The van der Waals surface area contributed by atoms with Gasteiger partial charge in [-0.05, 0) is 48.8 Å². The van der Waals surface area contributed by atoms with Gasteiger partial charge in [-0.15, -0.1) is 24.0 Å². The molecular formula is C20H31FIN3O2. The summed E-state index contributed by atoms with van der Waals surface area (Å²) >= 11 is 0. The summed E-state index contributed by atoms with van der Waals surface area (Å²) in [6.07, 6.45) is 3.18. The number of halogens is 2. The number of aliphatic imine (C=N–C) groups is 1. The third kappa shape index (κ3) is 5.94. The zero-order chi connectivity index (χ0) is 18.5. The summed E-state index contributed by atoms with van der Waals surface area (Å²) in [7, 11) is 1.82. The van der Waals surface area contributed by atoms with Gasteiger partial charge < -0.3 is 19.7 Å². The standard InChI is InChI=1S/C20H30FN3O2.HI/c1-14(2)8-15-5-7-24(11-15)20(22-3)23-6-4-16-9-18(21)10-17-12-25-13-26-19(16)17;/h9-10,14-15H,4-8,11-13H2,1-3H3,(H,22,23);1H. The van der Waals surface area contributed by atoms with E-state index in [1.807, 2.05) is 7.05 Å². The first-order chi connectivity index (χ1) is 12.6. The van der Waals surface area contributed by atoms with Crippen molar-refractivity contribution in [1.29, 1.82) is 0 Å². The van der Waals surface area contributed by atoms with Gasteiger partial charge in [0.1, 0.15) is 11.6 Å². The number of ether oxygens (including phenoxy) is 2. The molecule has 0 aromatic heterocycles. The Labute approximate surface area is 178 Å². The van der Waals surface area contributed by atoms with E-state index in [9.17, 15) is 4.39 Å². The van der Waals surface area contributed by atoms with Gasteiger partial charge in [-0.2, -0.15) is 0 Å². The molecular weight excluding hydrogens is 460 g/mol. The molecule has 0 saturated carbocycles. The largest absolute Gasteiger partial charge is 0.467 e. The van der Waals surface area contributed by atoms with Crippen LogP contribution in [0.3, 0.4) is 0 Å². The van der Waals surface area contributed by atoms with Gasteiger partial charge in [0, 0.05) is 32.2 Å². The van der Waals surface area contributed by atoms with E-state index in [1.54, 1.807) is 6.07 Å². The Kier molecular flexibility index (Phi) is 8.60. The predicted molar refractivity (Wildman–Crippen MR) is 116 cm³/mol. The molecule has 1 N–H and O–H groups in total. The van der Waals surface area contributed by atoms with Gasteiger partial charge >= 0.3 is 0 Å². The molecule has 3 rings (SSSR count). The number of guanidine groups is 1. The van der Waals surface area contributed by atoms with Crippen LogP contribution in [0.4, 0.5) is 4.39 Å². The minimum Gasteiger partial charge on any atom is -0.467 e. The lowest BCUT2D eigenvalue weighted by Gasteiger charge is -2.23. The molecule has 1 aromatic carbocycles. The second kappa shape index (κ2) is 10.5. The normalized spacial score (nSPS) is 19.5. The van der Waals surface area contributed by atoms with E-state index >= 15 is 0 Å². The van der Waals surface area contributed by atoms with Gasteiger partial charge in [0.25, 0.3) is 0 Å². The highest BCUT2D eigenvalue weighted by atomic mass is 127. The van der Waals surface area contributed by atoms with Crippen molar-refractivity contribution >= 4 is 29.9 Å². The van der Waals surface area contributed by atoms with Crippen LogP contribution in [0.5, 0.6) is 5.75 Å². The molecule has 0 bridgehead atoms. The molecule has 2 aliphatic heterocycles. The molecule has 1 aromatic rings. The zero-order valence-electron chi connectivity index (χ0n) is 16.5. The van der Waals surface area contributed by atoms with E-state index in [0.717, 1.165) is 47.8 Å². The fourth-order valence-electron chi connectivity index (χ4n) is 3.97. The van der Waals surface area contributed by atoms with Crippen molar-refractivity contribution in [3.05, 3.63) is 29.1 Å². The van der Waals surface area contributed by atoms with Gasteiger partial charge in [0.2, 0.25) is 0 Å². The first-order valence-corrected chi connectivity index (χ1v) is 9.54. The summed E-state index contributed by atoms with van der Waals surface area (Å²) < 4.78 is 24.7. The molecule has 5 nitrogen and oxygen atoms in total. The lowest BCUT2D eigenvalue weighted by atomic mass is 9.97. The highest BCUT2D eigenvalue weighted by molar-refractivity contribution is 14.0. The number of hydrogen-bond donors (Lipinski definition) is 1. The number of rotatable bonds is 5. The smallest absolute Gasteiger partial charge is 0.193 e. The van der Waals surface area contributed by atoms with E-state index in [-0.39, 0.29) is 36.6 Å². The van der Waals surface area contributed by atoms with Crippen LogP contribution in [-0.4, -0.2) is 44.3 Å². The van der Waals surface area contributed by atoms with Gasteiger partial charge in [0.15, 0.2) is 12.8 Å². The van der Waals surface area contributed by atoms with Crippen LogP contribution in [0, 0.1) is 17.7 Å². The third-order valence-electron chi connectivity index (χ3n) is 5.03. The molecule has 1 fully saturated rings. The quantitative estimate of drug-likeness (QED) is 0.387. The minimum absolute atomic E-state index is 0. The molecule has 27 heavy (non-hydrogen) atoms. The van der Waals surface area contributed by atoms with Crippen LogP contribution in [0.2, 0.25) is 0 Å². The van der Waals surface area contributed by atoms with Crippen molar-refractivity contribution in [2.24, 2.45) is 16.8 Å². The number of benzene rings is 1. The average Bonchev–Trinajstić information content (AvgIpc) is 3.06. The van der Waals surface area contributed by atoms with Crippen molar-refractivity contribution in [1.82, 2.24) is 10.2 Å². The molecule has 7 heteroatoms. The van der Waals surface area contributed by atoms with Crippen LogP contribution in [-0.2, 0) is 17.8 Å². The summed E-state index contributed by atoms with van der Waals surface area (Å²) in [6.45, 7) is 8.00. The summed E-state index contributed by atoms with van der Waals surface area (Å²) in [5.41, 5.74) is 1.66. The Bertz CT molecular complexity index is 654. The molecule has 1 unspecified atom stereocenters. The van der Waals surface area contributed by atoms with Crippen LogP contribution in [0.1, 0.15) is 37.8 Å². The maximum absolute atomic E-state index is 13.8. The lowest BCUT2D eigenvalue weighted by molar-refractivity contribution is -0.0172. The monoisotopic (exact) mass is 491 g/mol.